The molecule has 2 nitrogen and oxygen atoms in total. The van der Waals surface area contributed by atoms with Crippen LogP contribution in [0.3, 0.4) is 0 Å². The normalized spacial score (nSPS) is 10.9. The van der Waals surface area contributed by atoms with Gasteiger partial charge in [-0.2, -0.15) is 10.2 Å². The van der Waals surface area contributed by atoms with Gasteiger partial charge < -0.3 is 0 Å². The first-order chi connectivity index (χ1) is 5.74. The highest BCUT2D eigenvalue weighted by atomic mass is 15.1. The van der Waals surface area contributed by atoms with Crippen molar-refractivity contribution in [1.82, 2.24) is 0 Å². The van der Waals surface area contributed by atoms with Gasteiger partial charge >= 0.3 is 0 Å². The standard InChI is InChI=1S/C10H14N2/c1-4-11-12-10-7-8(2)5-6-9(10)3/h5-7H,4H2,1-3H3. The quantitative estimate of drug-likeness (QED) is 0.595. The number of nitrogens with zero attached hydrogens (tertiary/aromatic N) is 2. The minimum atomic E-state index is 0.743. The highest BCUT2D eigenvalue weighted by Crippen LogP contribution is 2.19. The van der Waals surface area contributed by atoms with Crippen LogP contribution < -0.4 is 0 Å². The van der Waals surface area contributed by atoms with Crippen molar-refractivity contribution in [2.75, 3.05) is 6.54 Å². The summed E-state index contributed by atoms with van der Waals surface area (Å²) < 4.78 is 0. The van der Waals surface area contributed by atoms with Gasteiger partial charge in [0.05, 0.1) is 12.2 Å². The lowest BCUT2D eigenvalue weighted by atomic mass is 10.1. The van der Waals surface area contributed by atoms with E-state index in [9.17, 15) is 0 Å². The monoisotopic (exact) mass is 162 g/mol. The summed E-state index contributed by atoms with van der Waals surface area (Å²) >= 11 is 0. The zero-order valence-electron chi connectivity index (χ0n) is 7.83. The smallest absolute Gasteiger partial charge is 0.0884 e. The molecule has 2 heteroatoms. The molecule has 1 aromatic rings. The van der Waals surface area contributed by atoms with Crippen LogP contribution in [0.5, 0.6) is 0 Å². The molecule has 0 atom stereocenters. The molecule has 12 heavy (non-hydrogen) atoms. The van der Waals surface area contributed by atoms with E-state index in [1.807, 2.05) is 13.8 Å². The predicted octanol–water partition coefficient (Wildman–Crippen LogP) is 3.41. The summed E-state index contributed by atoms with van der Waals surface area (Å²) in [7, 11) is 0. The molecule has 0 bridgehead atoms. The Morgan fingerprint density at radius 1 is 1.25 bits per heavy atom. The lowest BCUT2D eigenvalue weighted by Gasteiger charge is -1.99. The van der Waals surface area contributed by atoms with E-state index in [1.54, 1.807) is 0 Å². The Morgan fingerprint density at radius 3 is 2.67 bits per heavy atom. The number of rotatable bonds is 2. The minimum absolute atomic E-state index is 0.743. The molecule has 1 rings (SSSR count). The van der Waals surface area contributed by atoms with Crippen molar-refractivity contribution in [3.8, 4) is 0 Å². The van der Waals surface area contributed by atoms with Gasteiger partial charge in [-0.3, -0.25) is 0 Å². The van der Waals surface area contributed by atoms with Crippen LogP contribution in [-0.2, 0) is 0 Å². The molecule has 0 aliphatic carbocycles. The summed E-state index contributed by atoms with van der Waals surface area (Å²) in [5.74, 6) is 0. The van der Waals surface area contributed by atoms with Crippen molar-refractivity contribution in [1.29, 1.82) is 0 Å². The van der Waals surface area contributed by atoms with Crippen molar-refractivity contribution in [2.45, 2.75) is 20.8 Å². The predicted molar refractivity (Wildman–Crippen MR) is 51.0 cm³/mol. The fourth-order valence-electron chi connectivity index (χ4n) is 0.974. The Kier molecular flexibility index (Phi) is 2.97. The van der Waals surface area contributed by atoms with Crippen molar-refractivity contribution in [3.63, 3.8) is 0 Å². The maximum atomic E-state index is 4.11. The van der Waals surface area contributed by atoms with E-state index in [0.29, 0.717) is 0 Å². The first-order valence-electron chi connectivity index (χ1n) is 4.18. The summed E-state index contributed by atoms with van der Waals surface area (Å²) in [6, 6.07) is 6.20. The summed E-state index contributed by atoms with van der Waals surface area (Å²) in [4.78, 5) is 0. The summed E-state index contributed by atoms with van der Waals surface area (Å²) in [6.45, 7) is 6.83. The molecule has 0 aliphatic rings. The SMILES string of the molecule is CCN=Nc1cc(C)ccc1C. The van der Waals surface area contributed by atoms with Crippen LogP contribution in [0.2, 0.25) is 0 Å². The molecule has 0 heterocycles. The second kappa shape index (κ2) is 4.00. The van der Waals surface area contributed by atoms with Crippen LogP contribution in [0.1, 0.15) is 18.1 Å². The number of azo groups is 1. The van der Waals surface area contributed by atoms with Crippen LogP contribution in [0, 0.1) is 13.8 Å². The lowest BCUT2D eigenvalue weighted by Crippen LogP contribution is -1.76. The third kappa shape index (κ3) is 2.16. The molecule has 0 spiro atoms. The van der Waals surface area contributed by atoms with Crippen molar-refractivity contribution < 1.29 is 0 Å². The van der Waals surface area contributed by atoms with E-state index in [-0.39, 0.29) is 0 Å². The van der Waals surface area contributed by atoms with E-state index < -0.39 is 0 Å². The van der Waals surface area contributed by atoms with E-state index in [2.05, 4.69) is 35.4 Å². The number of hydrogen-bond donors (Lipinski definition) is 0. The molecule has 1 aromatic carbocycles. The molecule has 0 saturated carbocycles. The van der Waals surface area contributed by atoms with Gasteiger partial charge in [-0.1, -0.05) is 12.1 Å². The second-order valence-electron chi connectivity index (χ2n) is 2.85. The minimum Gasteiger partial charge on any atom is -0.189 e. The maximum absolute atomic E-state index is 4.11. The van der Waals surface area contributed by atoms with Crippen molar-refractivity contribution in [3.05, 3.63) is 29.3 Å². The summed E-state index contributed by atoms with van der Waals surface area (Å²) in [5.41, 5.74) is 3.39. The molecule has 0 radical (unpaired) electrons. The molecule has 0 aliphatic heterocycles. The van der Waals surface area contributed by atoms with Gasteiger partial charge in [-0.05, 0) is 38.0 Å². The van der Waals surface area contributed by atoms with Crippen LogP contribution >= 0.6 is 0 Å². The zero-order chi connectivity index (χ0) is 8.97. The van der Waals surface area contributed by atoms with Gasteiger partial charge in [-0.15, -0.1) is 0 Å². The topological polar surface area (TPSA) is 24.7 Å². The third-order valence-electron chi connectivity index (χ3n) is 1.68. The molecular weight excluding hydrogens is 148 g/mol. The Bertz CT molecular complexity index is 290. The Labute approximate surface area is 73.3 Å². The number of hydrogen-bond acceptors (Lipinski definition) is 2. The van der Waals surface area contributed by atoms with E-state index in [0.717, 1.165) is 12.2 Å². The van der Waals surface area contributed by atoms with Gasteiger partial charge in [0.2, 0.25) is 0 Å². The lowest BCUT2D eigenvalue weighted by molar-refractivity contribution is 1.00. The highest BCUT2D eigenvalue weighted by molar-refractivity contribution is 5.46. The van der Waals surface area contributed by atoms with Gasteiger partial charge in [-0.25, -0.2) is 0 Å². The van der Waals surface area contributed by atoms with E-state index in [1.165, 1.54) is 11.1 Å². The molecule has 0 amide bonds. The molecule has 0 N–H and O–H groups in total. The molecule has 0 aromatic heterocycles. The number of benzene rings is 1. The van der Waals surface area contributed by atoms with Crippen LogP contribution in [0.4, 0.5) is 5.69 Å². The van der Waals surface area contributed by atoms with Crippen LogP contribution in [0.25, 0.3) is 0 Å². The third-order valence-corrected chi connectivity index (χ3v) is 1.68. The van der Waals surface area contributed by atoms with E-state index >= 15 is 0 Å². The maximum Gasteiger partial charge on any atom is 0.0884 e. The van der Waals surface area contributed by atoms with Gasteiger partial charge in [0, 0.05) is 0 Å². The van der Waals surface area contributed by atoms with Gasteiger partial charge in [0.15, 0.2) is 0 Å². The van der Waals surface area contributed by atoms with Crippen molar-refractivity contribution >= 4 is 5.69 Å². The Hall–Kier alpha value is -1.18. The Morgan fingerprint density at radius 2 is 2.00 bits per heavy atom. The molecule has 0 saturated heterocycles. The first kappa shape index (κ1) is 8.91. The average molecular weight is 162 g/mol. The highest BCUT2D eigenvalue weighted by Gasteiger charge is 1.94. The fourth-order valence-corrected chi connectivity index (χ4v) is 0.974. The summed E-state index contributed by atoms with van der Waals surface area (Å²) in [5, 5.41) is 8.08. The van der Waals surface area contributed by atoms with Crippen LogP contribution in [0.15, 0.2) is 28.4 Å². The second-order valence-corrected chi connectivity index (χ2v) is 2.85. The molecular formula is C10H14N2. The molecule has 0 fully saturated rings. The zero-order valence-corrected chi connectivity index (χ0v) is 7.83. The van der Waals surface area contributed by atoms with E-state index in [4.69, 9.17) is 0 Å². The fraction of sp³-hybridized carbons (Fsp3) is 0.400. The van der Waals surface area contributed by atoms with Crippen molar-refractivity contribution in [2.24, 2.45) is 10.2 Å². The molecule has 64 valence electrons. The van der Waals surface area contributed by atoms with Gasteiger partial charge in [0.1, 0.15) is 0 Å². The number of aryl methyl sites for hydroxylation is 2. The molecule has 0 unspecified atom stereocenters. The average Bonchev–Trinajstić information content (AvgIpc) is 2.07. The summed E-state index contributed by atoms with van der Waals surface area (Å²) in [6.07, 6.45) is 0. The largest absolute Gasteiger partial charge is 0.189 e. The Balaban J connectivity index is 2.97. The first-order valence-corrected chi connectivity index (χ1v) is 4.18. The van der Waals surface area contributed by atoms with Gasteiger partial charge in [0.25, 0.3) is 0 Å². The van der Waals surface area contributed by atoms with Crippen LogP contribution in [-0.4, -0.2) is 6.54 Å².